The minimum Gasteiger partial charge on any atom is -0.322 e. The molecule has 0 bridgehead atoms. The second-order valence-corrected chi connectivity index (χ2v) is 7.64. The van der Waals surface area contributed by atoms with E-state index >= 15 is 0 Å². The summed E-state index contributed by atoms with van der Waals surface area (Å²) < 4.78 is 0. The highest BCUT2D eigenvalue weighted by molar-refractivity contribution is 7.11. The van der Waals surface area contributed by atoms with Crippen LogP contribution >= 0.6 is 22.9 Å². The molecule has 132 valence electrons. The van der Waals surface area contributed by atoms with Crippen molar-refractivity contribution in [1.29, 1.82) is 0 Å². The number of halogens is 1. The van der Waals surface area contributed by atoms with Crippen LogP contribution in [0.1, 0.15) is 10.4 Å². The first-order valence-corrected chi connectivity index (χ1v) is 9.72. The fourth-order valence-corrected chi connectivity index (χ4v) is 3.81. The van der Waals surface area contributed by atoms with Gasteiger partial charge in [-0.25, -0.2) is 5.43 Å². The zero-order chi connectivity index (χ0) is 17.5. The van der Waals surface area contributed by atoms with Crippen LogP contribution in [-0.2, 0) is 11.3 Å². The molecule has 25 heavy (non-hydrogen) atoms. The summed E-state index contributed by atoms with van der Waals surface area (Å²) in [4.78, 5) is 15.9. The van der Waals surface area contributed by atoms with E-state index in [9.17, 15) is 4.79 Å². The number of carbonyl (C=O) groups is 1. The Hall–Kier alpha value is -1.73. The molecule has 7 heteroatoms. The van der Waals surface area contributed by atoms with E-state index < -0.39 is 0 Å². The van der Waals surface area contributed by atoms with Gasteiger partial charge in [0.05, 0.1) is 6.21 Å². The molecule has 2 aromatic rings. The summed E-state index contributed by atoms with van der Waals surface area (Å²) in [6.45, 7) is 5.49. The Bertz CT molecular complexity index is 712. The molecule has 2 heterocycles. The molecule has 0 spiro atoms. The standard InChI is InChI=1S/C18H21ClN4OS/c19-17-6-2-1-4-15(17)13-22-7-9-23(10-8-22)14-18(24)21-20-12-16-5-3-11-25-16/h1-6,11-12H,7-10,13-14H2,(H,21,24)/p+2. The average molecular weight is 379 g/mol. The van der Waals surface area contributed by atoms with Crippen LogP contribution in [-0.4, -0.2) is 44.8 Å². The summed E-state index contributed by atoms with van der Waals surface area (Å²) >= 11 is 7.84. The lowest BCUT2D eigenvalue weighted by Crippen LogP contribution is -3.28. The van der Waals surface area contributed by atoms with Crippen molar-refractivity contribution in [2.45, 2.75) is 6.54 Å². The normalized spacial score (nSPS) is 20.7. The van der Waals surface area contributed by atoms with Crippen LogP contribution in [0.5, 0.6) is 0 Å². The van der Waals surface area contributed by atoms with E-state index in [2.05, 4.69) is 16.6 Å². The van der Waals surface area contributed by atoms with E-state index in [1.54, 1.807) is 17.6 Å². The van der Waals surface area contributed by atoms with Crippen LogP contribution in [0.25, 0.3) is 0 Å². The van der Waals surface area contributed by atoms with Crippen molar-refractivity contribution in [3.63, 3.8) is 0 Å². The largest absolute Gasteiger partial charge is 0.322 e. The first-order chi connectivity index (χ1) is 12.2. The van der Waals surface area contributed by atoms with Gasteiger partial charge in [0.25, 0.3) is 5.91 Å². The van der Waals surface area contributed by atoms with E-state index in [1.165, 1.54) is 15.4 Å². The van der Waals surface area contributed by atoms with E-state index in [1.807, 2.05) is 35.7 Å². The van der Waals surface area contributed by atoms with Crippen molar-refractivity contribution in [2.75, 3.05) is 32.7 Å². The van der Waals surface area contributed by atoms with Gasteiger partial charge in [-0.05, 0) is 17.5 Å². The number of carbonyl (C=O) groups excluding carboxylic acids is 1. The molecule has 0 radical (unpaired) electrons. The summed E-state index contributed by atoms with van der Waals surface area (Å²) in [6.07, 6.45) is 1.68. The maximum atomic E-state index is 12.0. The van der Waals surface area contributed by atoms with Gasteiger partial charge in [-0.2, -0.15) is 5.10 Å². The highest BCUT2D eigenvalue weighted by Crippen LogP contribution is 2.13. The highest BCUT2D eigenvalue weighted by Gasteiger charge is 2.25. The van der Waals surface area contributed by atoms with Gasteiger partial charge in [0.1, 0.15) is 32.7 Å². The number of nitrogens with one attached hydrogen (secondary N) is 3. The Morgan fingerprint density at radius 1 is 1.16 bits per heavy atom. The van der Waals surface area contributed by atoms with Crippen LogP contribution in [0.3, 0.4) is 0 Å². The lowest BCUT2D eigenvalue weighted by Gasteiger charge is -2.29. The summed E-state index contributed by atoms with van der Waals surface area (Å²) in [5.41, 5.74) is 3.82. The molecule has 1 aliphatic heterocycles. The van der Waals surface area contributed by atoms with Gasteiger partial charge in [0.2, 0.25) is 0 Å². The Balaban J connectivity index is 1.38. The summed E-state index contributed by atoms with van der Waals surface area (Å²) in [7, 11) is 0. The van der Waals surface area contributed by atoms with E-state index in [-0.39, 0.29) is 5.91 Å². The number of hydrazone groups is 1. The Kier molecular flexibility index (Phi) is 6.58. The van der Waals surface area contributed by atoms with Crippen LogP contribution in [0, 0.1) is 0 Å². The molecular weight excluding hydrogens is 356 g/mol. The number of hydrogen-bond donors (Lipinski definition) is 3. The fraction of sp³-hybridized carbons (Fsp3) is 0.333. The van der Waals surface area contributed by atoms with Crippen molar-refractivity contribution >= 4 is 35.1 Å². The van der Waals surface area contributed by atoms with E-state index in [4.69, 9.17) is 11.6 Å². The zero-order valence-corrected chi connectivity index (χ0v) is 15.6. The van der Waals surface area contributed by atoms with Gasteiger partial charge >= 0.3 is 0 Å². The third-order valence-electron chi connectivity index (χ3n) is 4.40. The number of hydrogen-bond acceptors (Lipinski definition) is 3. The number of thiophene rings is 1. The molecule has 0 atom stereocenters. The predicted octanol–water partition coefficient (Wildman–Crippen LogP) is -0.165. The number of quaternary nitrogens is 2. The third-order valence-corrected chi connectivity index (χ3v) is 5.57. The van der Waals surface area contributed by atoms with Gasteiger partial charge in [-0.3, -0.25) is 4.79 Å². The van der Waals surface area contributed by atoms with Crippen LogP contribution in [0.4, 0.5) is 0 Å². The summed E-state index contributed by atoms with van der Waals surface area (Å²) in [5.74, 6) is -0.0302. The van der Waals surface area contributed by atoms with Gasteiger partial charge in [-0.15, -0.1) is 11.3 Å². The number of piperazine rings is 1. The second kappa shape index (κ2) is 9.10. The molecule has 0 unspecified atom stereocenters. The molecule has 0 aliphatic carbocycles. The van der Waals surface area contributed by atoms with E-state index in [0.717, 1.165) is 42.6 Å². The highest BCUT2D eigenvalue weighted by atomic mass is 35.5. The molecule has 1 aliphatic rings. The summed E-state index contributed by atoms with van der Waals surface area (Å²) in [6, 6.07) is 12.0. The number of rotatable bonds is 6. The third kappa shape index (κ3) is 5.64. The molecule has 1 amide bonds. The first-order valence-electron chi connectivity index (χ1n) is 8.46. The monoisotopic (exact) mass is 378 g/mol. The van der Waals surface area contributed by atoms with Crippen molar-refractivity contribution in [1.82, 2.24) is 5.43 Å². The summed E-state index contributed by atoms with van der Waals surface area (Å²) in [5, 5.41) is 6.84. The molecule has 3 rings (SSSR count). The predicted molar refractivity (Wildman–Crippen MR) is 101 cm³/mol. The SMILES string of the molecule is O=C(C[NH+]1CC[NH+](Cc2ccccc2Cl)CC1)NN=Cc1cccs1. The van der Waals surface area contributed by atoms with Crippen LogP contribution in [0.15, 0.2) is 46.9 Å². The lowest BCUT2D eigenvalue weighted by molar-refractivity contribution is -1.02. The van der Waals surface area contributed by atoms with Crippen molar-refractivity contribution in [2.24, 2.45) is 5.10 Å². The Labute approximate surface area is 156 Å². The van der Waals surface area contributed by atoms with Gasteiger partial charge in [0.15, 0.2) is 6.54 Å². The quantitative estimate of drug-likeness (QED) is 0.474. The maximum absolute atomic E-state index is 12.0. The van der Waals surface area contributed by atoms with Crippen molar-refractivity contribution in [3.05, 3.63) is 57.2 Å². The molecule has 3 N–H and O–H groups in total. The molecular formula is C18H23ClN4OS+2. The fourth-order valence-electron chi connectivity index (χ4n) is 3.02. The Morgan fingerprint density at radius 3 is 2.64 bits per heavy atom. The first kappa shape index (κ1) is 18.1. The van der Waals surface area contributed by atoms with E-state index in [0.29, 0.717) is 6.54 Å². The minimum absolute atomic E-state index is 0.0302. The van der Waals surface area contributed by atoms with Gasteiger partial charge in [-0.1, -0.05) is 35.9 Å². The Morgan fingerprint density at radius 2 is 1.92 bits per heavy atom. The van der Waals surface area contributed by atoms with Crippen LogP contribution in [0.2, 0.25) is 5.02 Å². The van der Waals surface area contributed by atoms with Crippen LogP contribution < -0.4 is 15.2 Å². The average Bonchev–Trinajstić information content (AvgIpc) is 3.12. The molecule has 1 saturated heterocycles. The maximum Gasteiger partial charge on any atom is 0.295 e. The molecule has 1 fully saturated rings. The van der Waals surface area contributed by atoms with Gasteiger partial charge in [0, 0.05) is 15.5 Å². The molecule has 1 aromatic heterocycles. The second-order valence-electron chi connectivity index (χ2n) is 6.25. The van der Waals surface area contributed by atoms with Gasteiger partial charge < -0.3 is 9.80 Å². The smallest absolute Gasteiger partial charge is 0.295 e. The zero-order valence-electron chi connectivity index (χ0n) is 14.0. The molecule has 0 saturated carbocycles. The number of nitrogens with zero attached hydrogens (tertiary/aromatic N) is 1. The molecule has 5 nitrogen and oxygen atoms in total. The molecule has 1 aromatic carbocycles. The van der Waals surface area contributed by atoms with Crippen molar-refractivity contribution in [3.8, 4) is 0 Å². The lowest BCUT2D eigenvalue weighted by atomic mass is 10.2. The number of benzene rings is 1. The number of amides is 1. The minimum atomic E-state index is -0.0302. The van der Waals surface area contributed by atoms with Crippen molar-refractivity contribution < 1.29 is 14.6 Å². The topological polar surface area (TPSA) is 50.3 Å².